The summed E-state index contributed by atoms with van der Waals surface area (Å²) in [5.41, 5.74) is 0. The summed E-state index contributed by atoms with van der Waals surface area (Å²) in [5, 5.41) is 8.45. The third-order valence-corrected chi connectivity index (χ3v) is 1.82. The van der Waals surface area contributed by atoms with Crippen LogP contribution in [0.3, 0.4) is 0 Å². The molecule has 0 spiro atoms. The van der Waals surface area contributed by atoms with Crippen molar-refractivity contribution in [3.05, 3.63) is 0 Å². The van der Waals surface area contributed by atoms with Crippen molar-refractivity contribution >= 4 is 15.9 Å². The van der Waals surface area contributed by atoms with Crippen LogP contribution in [0.15, 0.2) is 0 Å². The maximum absolute atomic E-state index is 8.45. The van der Waals surface area contributed by atoms with E-state index >= 15 is 0 Å². The highest BCUT2D eigenvalue weighted by Crippen LogP contribution is 2.24. The summed E-state index contributed by atoms with van der Waals surface area (Å²) < 4.78 is 5.04. The topological polar surface area (TPSA) is 29.5 Å². The van der Waals surface area contributed by atoms with Crippen molar-refractivity contribution in [2.24, 2.45) is 0 Å². The summed E-state index contributed by atoms with van der Waals surface area (Å²) in [6, 6.07) is 0. The highest BCUT2D eigenvalue weighted by Gasteiger charge is 2.18. The Hall–Kier alpha value is 0.400. The van der Waals surface area contributed by atoms with Crippen molar-refractivity contribution in [2.75, 3.05) is 13.2 Å². The molecule has 0 rings (SSSR count). The highest BCUT2D eigenvalue weighted by molar-refractivity contribution is 9.10. The zero-order chi connectivity index (χ0) is 8.04. The molecule has 1 unspecified atom stereocenters. The van der Waals surface area contributed by atoms with Gasteiger partial charge >= 0.3 is 0 Å². The van der Waals surface area contributed by atoms with Crippen LogP contribution in [0.5, 0.6) is 0 Å². The van der Waals surface area contributed by atoms with E-state index in [0.717, 1.165) is 12.8 Å². The zero-order valence-corrected chi connectivity index (χ0v) is 8.15. The minimum atomic E-state index is -0.246. The minimum Gasteiger partial charge on any atom is -0.394 e. The smallest absolute Gasteiger partial charge is 0.120 e. The molecule has 62 valence electrons. The van der Waals surface area contributed by atoms with E-state index in [-0.39, 0.29) is 11.1 Å². The first-order valence-corrected chi connectivity index (χ1v) is 4.35. The van der Waals surface area contributed by atoms with Gasteiger partial charge in [0.15, 0.2) is 0 Å². The lowest BCUT2D eigenvalue weighted by atomic mass is 10.2. The van der Waals surface area contributed by atoms with Crippen LogP contribution in [-0.4, -0.2) is 22.8 Å². The highest BCUT2D eigenvalue weighted by atomic mass is 79.9. The molecule has 3 heteroatoms. The number of hydrogen-bond donors (Lipinski definition) is 1. The Kier molecular flexibility index (Phi) is 5.31. The van der Waals surface area contributed by atoms with Gasteiger partial charge in [-0.05, 0) is 13.3 Å². The van der Waals surface area contributed by atoms with Gasteiger partial charge in [0.05, 0.1) is 13.2 Å². The molecule has 0 aliphatic heterocycles. The second kappa shape index (κ2) is 5.10. The van der Waals surface area contributed by atoms with Gasteiger partial charge in [0, 0.05) is 0 Å². The Labute approximate surface area is 70.7 Å². The third-order valence-electron chi connectivity index (χ3n) is 1.19. The van der Waals surface area contributed by atoms with Gasteiger partial charge in [-0.2, -0.15) is 0 Å². The van der Waals surface area contributed by atoms with Gasteiger partial charge in [-0.3, -0.25) is 0 Å². The van der Waals surface area contributed by atoms with Crippen molar-refractivity contribution < 1.29 is 9.84 Å². The van der Waals surface area contributed by atoms with Crippen LogP contribution in [0.2, 0.25) is 0 Å². The monoisotopic (exact) mass is 210 g/mol. The fourth-order valence-corrected chi connectivity index (χ4v) is 1.34. The molecular formula is C7H15BrO2. The first-order chi connectivity index (χ1) is 4.62. The number of halogens is 1. The minimum absolute atomic E-state index is 0.0882. The van der Waals surface area contributed by atoms with E-state index in [4.69, 9.17) is 9.84 Å². The van der Waals surface area contributed by atoms with Crippen LogP contribution in [0.1, 0.15) is 26.7 Å². The largest absolute Gasteiger partial charge is 0.394 e. The van der Waals surface area contributed by atoms with Crippen LogP contribution < -0.4 is 0 Å². The first kappa shape index (κ1) is 10.4. The standard InChI is InChI=1S/C7H15BrO2/c1-3-4-7(2,8)10-6-5-9/h9H,3-6H2,1-2H3. The number of aliphatic hydroxyl groups is 1. The molecule has 0 fully saturated rings. The van der Waals surface area contributed by atoms with E-state index < -0.39 is 0 Å². The summed E-state index contributed by atoms with van der Waals surface area (Å²) in [7, 11) is 0. The van der Waals surface area contributed by atoms with Gasteiger partial charge in [0.2, 0.25) is 0 Å². The summed E-state index contributed by atoms with van der Waals surface area (Å²) >= 11 is 3.41. The quantitative estimate of drug-likeness (QED) is 0.704. The molecule has 1 N–H and O–H groups in total. The number of hydrogen-bond acceptors (Lipinski definition) is 2. The maximum Gasteiger partial charge on any atom is 0.120 e. The van der Waals surface area contributed by atoms with Crippen LogP contribution in [0, 0.1) is 0 Å². The number of alkyl halides is 1. The molecule has 10 heavy (non-hydrogen) atoms. The summed E-state index contributed by atoms with van der Waals surface area (Å²) in [5.74, 6) is 0. The van der Waals surface area contributed by atoms with Crippen molar-refractivity contribution in [3.63, 3.8) is 0 Å². The lowest BCUT2D eigenvalue weighted by Gasteiger charge is -2.21. The van der Waals surface area contributed by atoms with Gasteiger partial charge in [-0.15, -0.1) is 0 Å². The van der Waals surface area contributed by atoms with Crippen molar-refractivity contribution in [1.29, 1.82) is 0 Å². The van der Waals surface area contributed by atoms with E-state index in [1.54, 1.807) is 0 Å². The van der Waals surface area contributed by atoms with Gasteiger partial charge in [-0.1, -0.05) is 29.3 Å². The van der Waals surface area contributed by atoms with Crippen LogP contribution in [0.25, 0.3) is 0 Å². The molecule has 0 heterocycles. The predicted molar refractivity (Wildman–Crippen MR) is 45.3 cm³/mol. The lowest BCUT2D eigenvalue weighted by Crippen LogP contribution is -2.21. The fourth-order valence-electron chi connectivity index (χ4n) is 0.777. The molecule has 0 bridgehead atoms. The summed E-state index contributed by atoms with van der Waals surface area (Å²) in [6.45, 7) is 4.56. The number of rotatable bonds is 5. The summed E-state index contributed by atoms with van der Waals surface area (Å²) in [6.07, 6.45) is 2.04. The number of aliphatic hydroxyl groups excluding tert-OH is 1. The second-order valence-electron chi connectivity index (χ2n) is 2.42. The number of ether oxygens (including phenoxy) is 1. The summed E-state index contributed by atoms with van der Waals surface area (Å²) in [4.78, 5) is 0. The third kappa shape index (κ3) is 5.21. The van der Waals surface area contributed by atoms with Crippen LogP contribution in [0.4, 0.5) is 0 Å². The van der Waals surface area contributed by atoms with E-state index in [1.807, 2.05) is 6.92 Å². The SMILES string of the molecule is CCCC(C)(Br)OCCO. The molecular weight excluding hydrogens is 196 g/mol. The molecule has 0 aliphatic carbocycles. The Bertz CT molecular complexity index is 83.7. The normalized spacial score (nSPS) is 16.8. The van der Waals surface area contributed by atoms with Gasteiger partial charge < -0.3 is 9.84 Å². The average Bonchev–Trinajstić information content (AvgIpc) is 1.84. The molecule has 0 radical (unpaired) electrons. The van der Waals surface area contributed by atoms with E-state index in [2.05, 4.69) is 22.9 Å². The zero-order valence-electron chi connectivity index (χ0n) is 6.56. The van der Waals surface area contributed by atoms with E-state index in [9.17, 15) is 0 Å². The van der Waals surface area contributed by atoms with E-state index in [0.29, 0.717) is 6.61 Å². The Morgan fingerprint density at radius 2 is 2.20 bits per heavy atom. The molecule has 1 atom stereocenters. The van der Waals surface area contributed by atoms with Crippen molar-refractivity contribution in [1.82, 2.24) is 0 Å². The molecule has 2 nitrogen and oxygen atoms in total. The van der Waals surface area contributed by atoms with Crippen LogP contribution in [-0.2, 0) is 4.74 Å². The molecule has 0 saturated carbocycles. The lowest BCUT2D eigenvalue weighted by molar-refractivity contribution is 0.0161. The maximum atomic E-state index is 8.45. The van der Waals surface area contributed by atoms with Gasteiger partial charge in [0.25, 0.3) is 0 Å². The van der Waals surface area contributed by atoms with Crippen molar-refractivity contribution in [2.45, 2.75) is 31.2 Å². The molecule has 0 aromatic heterocycles. The molecule has 0 aliphatic rings. The van der Waals surface area contributed by atoms with E-state index in [1.165, 1.54) is 0 Å². The van der Waals surface area contributed by atoms with Gasteiger partial charge in [0.1, 0.15) is 4.51 Å². The fraction of sp³-hybridized carbons (Fsp3) is 1.00. The first-order valence-electron chi connectivity index (χ1n) is 3.56. The Balaban J connectivity index is 3.42. The second-order valence-corrected chi connectivity index (χ2v) is 4.10. The van der Waals surface area contributed by atoms with Crippen molar-refractivity contribution in [3.8, 4) is 0 Å². The molecule has 0 amide bonds. The van der Waals surface area contributed by atoms with Gasteiger partial charge in [-0.25, -0.2) is 0 Å². The molecule has 0 aromatic rings. The Morgan fingerprint density at radius 1 is 1.60 bits per heavy atom. The molecule has 0 saturated heterocycles. The molecule has 0 aromatic carbocycles. The Morgan fingerprint density at radius 3 is 2.60 bits per heavy atom. The van der Waals surface area contributed by atoms with Crippen LogP contribution >= 0.6 is 15.9 Å². The predicted octanol–water partition coefficient (Wildman–Crippen LogP) is 1.91. The average molecular weight is 211 g/mol.